The summed E-state index contributed by atoms with van der Waals surface area (Å²) in [6.45, 7) is 7.21. The molecule has 0 aliphatic heterocycles. The van der Waals surface area contributed by atoms with Gasteiger partial charge in [-0.3, -0.25) is 0 Å². The van der Waals surface area contributed by atoms with Gasteiger partial charge in [-0.05, 0) is 19.3 Å². The summed E-state index contributed by atoms with van der Waals surface area (Å²) in [4.78, 5) is 0. The summed E-state index contributed by atoms with van der Waals surface area (Å²) < 4.78 is 0. The second kappa shape index (κ2) is 6.38. The van der Waals surface area contributed by atoms with Crippen molar-refractivity contribution in [1.82, 2.24) is 0 Å². The molecule has 0 bridgehead atoms. The van der Waals surface area contributed by atoms with Crippen molar-refractivity contribution >= 4 is 13.3 Å². The minimum Gasteiger partial charge on any atom is -0.0806 e. The Hall–Kier alpha value is -1.08. The zero-order chi connectivity index (χ0) is 13.7. The molecule has 1 atom stereocenters. The third-order valence-corrected chi connectivity index (χ3v) is 9.49. The fourth-order valence-corrected chi connectivity index (χ4v) is 6.73. The van der Waals surface area contributed by atoms with Crippen molar-refractivity contribution in [3.8, 4) is 0 Å². The molecule has 0 radical (unpaired) electrons. The van der Waals surface area contributed by atoms with E-state index in [9.17, 15) is 0 Å². The highest BCUT2D eigenvalue weighted by atomic mass is 28.3. The highest BCUT2D eigenvalue weighted by molar-refractivity contribution is 6.96. The van der Waals surface area contributed by atoms with Crippen LogP contribution in [0.5, 0.6) is 0 Å². The number of hydrogen-bond donors (Lipinski definition) is 0. The Labute approximate surface area is 119 Å². The third kappa shape index (κ3) is 2.92. The van der Waals surface area contributed by atoms with Gasteiger partial charge in [0.05, 0.1) is 0 Å². The van der Waals surface area contributed by atoms with E-state index >= 15 is 0 Å². The maximum atomic E-state index is 2.55. The average Bonchev–Trinajstić information content (AvgIpc) is 2.94. The molecule has 0 heterocycles. The van der Waals surface area contributed by atoms with Crippen LogP contribution in [-0.2, 0) is 0 Å². The molecule has 0 fully saturated rings. The smallest absolute Gasteiger partial charge is 0.0806 e. The summed E-state index contributed by atoms with van der Waals surface area (Å²) in [5.41, 5.74) is 1.65. The zero-order valence-corrected chi connectivity index (χ0v) is 13.6. The van der Waals surface area contributed by atoms with Crippen LogP contribution in [0.15, 0.2) is 53.3 Å². The molecule has 1 aromatic rings. The van der Waals surface area contributed by atoms with E-state index in [1.165, 1.54) is 31.7 Å². The van der Waals surface area contributed by atoms with Crippen LogP contribution in [-0.4, -0.2) is 8.07 Å². The van der Waals surface area contributed by atoms with E-state index in [1.54, 1.807) is 16.0 Å². The summed E-state index contributed by atoms with van der Waals surface area (Å²) in [5, 5.41) is 3.39. The fourth-order valence-electron chi connectivity index (χ4n) is 3.13. The molecule has 0 aromatic heterocycles. The van der Waals surface area contributed by atoms with Crippen LogP contribution < -0.4 is 5.19 Å². The van der Waals surface area contributed by atoms with Gasteiger partial charge in [-0.2, -0.15) is 0 Å². The predicted octanol–water partition coefficient (Wildman–Crippen LogP) is 4.98. The molecule has 1 unspecified atom stereocenters. The maximum absolute atomic E-state index is 2.55. The maximum Gasteiger partial charge on any atom is 0.111 e. The first kappa shape index (κ1) is 14.3. The highest BCUT2D eigenvalue weighted by Gasteiger charge is 2.33. The molecule has 0 saturated heterocycles. The summed E-state index contributed by atoms with van der Waals surface area (Å²) in [5.74, 6) is 0. The summed E-state index contributed by atoms with van der Waals surface area (Å²) in [6.07, 6.45) is 9.87. The number of hydrogen-bond acceptors (Lipinski definition) is 0. The van der Waals surface area contributed by atoms with Gasteiger partial charge < -0.3 is 0 Å². The Kier molecular flexibility index (Phi) is 4.81. The second-order valence-electron chi connectivity index (χ2n) is 5.77. The lowest BCUT2D eigenvalue weighted by molar-refractivity contribution is 0.796. The molecule has 1 aliphatic carbocycles. The third-order valence-electron chi connectivity index (χ3n) is 4.61. The van der Waals surface area contributed by atoms with Gasteiger partial charge in [0.25, 0.3) is 0 Å². The molecule has 19 heavy (non-hydrogen) atoms. The van der Waals surface area contributed by atoms with Crippen molar-refractivity contribution in [3.05, 3.63) is 53.3 Å². The van der Waals surface area contributed by atoms with E-state index in [0.29, 0.717) is 0 Å². The van der Waals surface area contributed by atoms with Crippen molar-refractivity contribution in [2.24, 2.45) is 0 Å². The van der Waals surface area contributed by atoms with Gasteiger partial charge in [-0.1, -0.05) is 91.3 Å². The second-order valence-corrected chi connectivity index (χ2v) is 10.3. The van der Waals surface area contributed by atoms with Gasteiger partial charge in [0.2, 0.25) is 0 Å². The van der Waals surface area contributed by atoms with Crippen molar-refractivity contribution in [1.29, 1.82) is 0 Å². The van der Waals surface area contributed by atoms with Gasteiger partial charge in [0.1, 0.15) is 8.07 Å². The minimum absolute atomic E-state index is 1.20. The quantitative estimate of drug-likeness (QED) is 0.640. The molecular weight excluding hydrogens is 244 g/mol. The first-order valence-electron chi connectivity index (χ1n) is 7.67. The summed E-state index contributed by atoms with van der Waals surface area (Å²) >= 11 is 0. The average molecular weight is 270 g/mol. The van der Waals surface area contributed by atoms with E-state index in [4.69, 9.17) is 0 Å². The number of rotatable bonds is 6. The Morgan fingerprint density at radius 1 is 1.11 bits per heavy atom. The summed E-state index contributed by atoms with van der Waals surface area (Å²) in [6, 6.07) is 12.5. The first-order valence-corrected chi connectivity index (χ1v) is 10.4. The monoisotopic (exact) mass is 270 g/mol. The molecule has 0 N–H and O–H groups in total. The van der Waals surface area contributed by atoms with Crippen LogP contribution in [0, 0.1) is 0 Å². The molecule has 0 spiro atoms. The van der Waals surface area contributed by atoms with Crippen LogP contribution in [0.4, 0.5) is 0 Å². The topological polar surface area (TPSA) is 0 Å². The number of unbranched alkanes of at least 4 members (excludes halogenated alkanes) is 1. The van der Waals surface area contributed by atoms with E-state index in [0.717, 1.165) is 0 Å². The molecule has 0 amide bonds. The molecule has 102 valence electrons. The van der Waals surface area contributed by atoms with Gasteiger partial charge in [0.15, 0.2) is 0 Å². The zero-order valence-electron chi connectivity index (χ0n) is 12.6. The standard InChI is InChI=1S/C18H26Si/c1-4-6-11-16-12-10-15-18(16)19(3,5-2)17-13-8-7-9-14-17/h7-10,12-14H,4-6,11,15H2,1-3H3. The number of allylic oxidation sites excluding steroid dienone is 4. The molecule has 0 nitrogen and oxygen atoms in total. The molecule has 1 aromatic carbocycles. The van der Waals surface area contributed by atoms with Crippen LogP contribution in [0.1, 0.15) is 39.5 Å². The molecule has 0 saturated carbocycles. The van der Waals surface area contributed by atoms with E-state index in [-0.39, 0.29) is 0 Å². The summed E-state index contributed by atoms with van der Waals surface area (Å²) in [7, 11) is -1.46. The lowest BCUT2D eigenvalue weighted by Gasteiger charge is -2.30. The van der Waals surface area contributed by atoms with Crippen LogP contribution >= 0.6 is 0 Å². The fraction of sp³-hybridized carbons (Fsp3) is 0.444. The largest absolute Gasteiger partial charge is 0.111 e. The molecule has 2 rings (SSSR count). The van der Waals surface area contributed by atoms with Gasteiger partial charge in [-0.25, -0.2) is 0 Å². The first-order chi connectivity index (χ1) is 9.22. The number of benzene rings is 1. The Morgan fingerprint density at radius 3 is 2.47 bits per heavy atom. The van der Waals surface area contributed by atoms with Gasteiger partial charge >= 0.3 is 0 Å². The lowest BCUT2D eigenvalue weighted by Crippen LogP contribution is -2.46. The molecular formula is C18H26Si. The SMILES string of the molecule is CCCCC1=C([Si](C)(CC)c2ccccc2)CC=C1. The minimum atomic E-state index is -1.46. The lowest BCUT2D eigenvalue weighted by atomic mass is 10.1. The van der Waals surface area contributed by atoms with E-state index in [2.05, 4.69) is 62.9 Å². The van der Waals surface area contributed by atoms with Crippen LogP contribution in [0.25, 0.3) is 0 Å². The van der Waals surface area contributed by atoms with Crippen molar-refractivity contribution in [2.45, 2.75) is 52.1 Å². The van der Waals surface area contributed by atoms with Gasteiger partial charge in [-0.15, -0.1) is 0 Å². The van der Waals surface area contributed by atoms with Crippen LogP contribution in [0.2, 0.25) is 12.6 Å². The van der Waals surface area contributed by atoms with Gasteiger partial charge in [0, 0.05) is 0 Å². The van der Waals surface area contributed by atoms with Crippen molar-refractivity contribution in [2.75, 3.05) is 0 Å². The van der Waals surface area contributed by atoms with Crippen molar-refractivity contribution in [3.63, 3.8) is 0 Å². The van der Waals surface area contributed by atoms with E-state index < -0.39 is 8.07 Å². The Balaban J connectivity index is 2.36. The molecule has 1 aliphatic rings. The van der Waals surface area contributed by atoms with E-state index in [1.807, 2.05) is 0 Å². The molecule has 1 heteroatoms. The Morgan fingerprint density at radius 2 is 1.84 bits per heavy atom. The van der Waals surface area contributed by atoms with Crippen LogP contribution in [0.3, 0.4) is 0 Å². The van der Waals surface area contributed by atoms with Crippen molar-refractivity contribution < 1.29 is 0 Å². The predicted molar refractivity (Wildman–Crippen MR) is 88.5 cm³/mol. The highest BCUT2D eigenvalue weighted by Crippen LogP contribution is 2.33. The Bertz CT molecular complexity index is 470. The normalized spacial score (nSPS) is 17.8.